The number of carboxylic acid groups (broad SMARTS) is 1. The van der Waals surface area contributed by atoms with Gasteiger partial charge in [0, 0.05) is 22.4 Å². The summed E-state index contributed by atoms with van der Waals surface area (Å²) in [5.41, 5.74) is -0.611. The van der Waals surface area contributed by atoms with Gasteiger partial charge in [-0.3, -0.25) is 4.90 Å². The van der Waals surface area contributed by atoms with Crippen LogP contribution < -0.4 is 4.72 Å². The van der Waals surface area contributed by atoms with Gasteiger partial charge in [0.05, 0.1) is 6.04 Å². The fraction of sp³-hybridized carbons (Fsp3) is 0.944. The predicted octanol–water partition coefficient (Wildman–Crippen LogP) is 3.91. The Bertz CT molecular complexity index is 487. The second-order valence-corrected chi connectivity index (χ2v) is 11.8. The molecule has 2 aliphatic rings. The molecule has 2 fully saturated rings. The van der Waals surface area contributed by atoms with Crippen molar-refractivity contribution in [2.24, 2.45) is 5.41 Å². The van der Waals surface area contributed by atoms with E-state index in [-0.39, 0.29) is 21.7 Å². The molecular formula is C18H34N2O3S. The monoisotopic (exact) mass is 358 g/mol. The van der Waals surface area contributed by atoms with E-state index in [0.29, 0.717) is 0 Å². The molecule has 140 valence electrons. The maximum Gasteiger partial charge on any atom is 0.408 e. The molecule has 24 heavy (non-hydrogen) atoms. The Morgan fingerprint density at radius 1 is 1.17 bits per heavy atom. The number of hydrogen-bond donors (Lipinski definition) is 2. The van der Waals surface area contributed by atoms with Crippen molar-refractivity contribution in [2.45, 2.75) is 102 Å². The largest absolute Gasteiger partial charge is 0.598 e. The van der Waals surface area contributed by atoms with Crippen molar-refractivity contribution in [1.82, 2.24) is 9.62 Å². The van der Waals surface area contributed by atoms with Gasteiger partial charge in [-0.05, 0) is 86.0 Å². The third-order valence-corrected chi connectivity index (χ3v) is 7.63. The summed E-state index contributed by atoms with van der Waals surface area (Å²) in [6.45, 7) is 14.0. The molecule has 0 aromatic rings. The molecule has 0 aromatic heterocycles. The van der Waals surface area contributed by atoms with E-state index in [0.717, 1.165) is 32.1 Å². The lowest BCUT2D eigenvalue weighted by molar-refractivity contribution is 0.0200. The Morgan fingerprint density at radius 2 is 1.67 bits per heavy atom. The average molecular weight is 359 g/mol. The van der Waals surface area contributed by atoms with Crippen molar-refractivity contribution >= 4 is 17.5 Å². The molecular weight excluding hydrogens is 324 g/mol. The highest BCUT2D eigenvalue weighted by Crippen LogP contribution is 2.61. The van der Waals surface area contributed by atoms with E-state index in [1.807, 2.05) is 41.5 Å². The topological polar surface area (TPSA) is 75.6 Å². The van der Waals surface area contributed by atoms with E-state index in [1.165, 1.54) is 0 Å². The number of nitrogens with zero attached hydrogens (tertiary/aromatic N) is 1. The molecule has 5 nitrogen and oxygen atoms in total. The van der Waals surface area contributed by atoms with Crippen molar-refractivity contribution < 1.29 is 14.5 Å². The van der Waals surface area contributed by atoms with E-state index in [4.69, 9.17) is 0 Å². The van der Waals surface area contributed by atoms with Crippen molar-refractivity contribution in [1.29, 1.82) is 0 Å². The Balaban J connectivity index is 2.19. The lowest BCUT2D eigenvalue weighted by Crippen LogP contribution is -2.57. The van der Waals surface area contributed by atoms with Gasteiger partial charge in [-0.2, -0.15) is 0 Å². The Hall–Kier alpha value is -0.460. The molecule has 0 spiro atoms. The molecule has 2 saturated carbocycles. The van der Waals surface area contributed by atoms with Crippen LogP contribution >= 0.6 is 0 Å². The van der Waals surface area contributed by atoms with Crippen LogP contribution in [0.2, 0.25) is 0 Å². The molecule has 0 saturated heterocycles. The third-order valence-electron chi connectivity index (χ3n) is 5.95. The highest BCUT2D eigenvalue weighted by Gasteiger charge is 2.62. The molecule has 0 radical (unpaired) electrons. The lowest BCUT2D eigenvalue weighted by Gasteiger charge is -2.46. The Kier molecular flexibility index (Phi) is 5.01. The summed E-state index contributed by atoms with van der Waals surface area (Å²) in [6.07, 6.45) is 3.87. The van der Waals surface area contributed by atoms with Gasteiger partial charge in [-0.15, -0.1) is 4.72 Å². The summed E-state index contributed by atoms with van der Waals surface area (Å²) in [5.74, 6) is 0. The van der Waals surface area contributed by atoms with Gasteiger partial charge in [-0.1, -0.05) is 0 Å². The Labute approximate surface area is 149 Å². The van der Waals surface area contributed by atoms with Crippen LogP contribution in [0.4, 0.5) is 4.79 Å². The molecule has 2 unspecified atom stereocenters. The molecule has 0 aliphatic heterocycles. The minimum absolute atomic E-state index is 0.0554. The first kappa shape index (κ1) is 19.9. The van der Waals surface area contributed by atoms with Gasteiger partial charge >= 0.3 is 6.09 Å². The van der Waals surface area contributed by atoms with Crippen LogP contribution in [0.25, 0.3) is 0 Å². The minimum Gasteiger partial charge on any atom is -0.598 e. The smallest absolute Gasteiger partial charge is 0.408 e. The summed E-state index contributed by atoms with van der Waals surface area (Å²) in [6, 6.07) is 0.123. The summed E-state index contributed by atoms with van der Waals surface area (Å²) >= 11 is -1.10. The van der Waals surface area contributed by atoms with Crippen molar-refractivity contribution in [3.05, 3.63) is 0 Å². The predicted molar refractivity (Wildman–Crippen MR) is 98.4 cm³/mol. The van der Waals surface area contributed by atoms with E-state index >= 15 is 0 Å². The van der Waals surface area contributed by atoms with Crippen LogP contribution in [0.15, 0.2) is 0 Å². The minimum atomic E-state index is -1.10. The van der Waals surface area contributed by atoms with Crippen molar-refractivity contribution in [2.75, 3.05) is 0 Å². The lowest BCUT2D eigenvalue weighted by atomic mass is 9.78. The zero-order valence-corrected chi connectivity index (χ0v) is 17.0. The van der Waals surface area contributed by atoms with Crippen molar-refractivity contribution in [3.8, 4) is 0 Å². The highest BCUT2D eigenvalue weighted by atomic mass is 32.2. The number of hydrogen-bond acceptors (Lipinski definition) is 3. The van der Waals surface area contributed by atoms with E-state index in [2.05, 4.69) is 11.6 Å². The van der Waals surface area contributed by atoms with Gasteiger partial charge in [-0.25, -0.2) is 4.79 Å². The normalized spacial score (nSPS) is 32.7. The molecule has 6 heteroatoms. The van der Waals surface area contributed by atoms with E-state index in [9.17, 15) is 14.5 Å². The molecule has 0 heterocycles. The summed E-state index contributed by atoms with van der Waals surface area (Å²) < 4.78 is 15.5. The zero-order chi connectivity index (χ0) is 18.6. The first-order valence-electron chi connectivity index (χ1n) is 8.95. The maximum absolute atomic E-state index is 12.5. The number of nitrogens with one attached hydrogen (secondary N) is 1. The quantitative estimate of drug-likeness (QED) is 0.747. The second kappa shape index (κ2) is 6.06. The third kappa shape index (κ3) is 3.42. The fourth-order valence-corrected chi connectivity index (χ4v) is 5.70. The molecule has 2 rings (SSSR count). The average Bonchev–Trinajstić information content (AvgIpc) is 2.92. The van der Waals surface area contributed by atoms with Gasteiger partial charge in [0.15, 0.2) is 0 Å². The van der Waals surface area contributed by atoms with Gasteiger partial charge < -0.3 is 9.66 Å². The first-order chi connectivity index (χ1) is 10.7. The SMILES string of the molecule is CC(N[S+]([O-])C(C)(C)C)C12CCC(N(C(=O)O)C(C)(C)C)(CC1)C2. The van der Waals surface area contributed by atoms with Crippen LogP contribution in [0.3, 0.4) is 0 Å². The molecule has 2 bridgehead atoms. The second-order valence-electron chi connectivity index (χ2n) is 9.77. The molecule has 2 aliphatic carbocycles. The summed E-state index contributed by atoms with van der Waals surface area (Å²) in [7, 11) is 0. The number of amides is 1. The van der Waals surface area contributed by atoms with Crippen LogP contribution in [0.1, 0.15) is 80.6 Å². The fourth-order valence-electron chi connectivity index (χ4n) is 4.77. The number of carbonyl (C=O) groups is 1. The Morgan fingerprint density at radius 3 is 2.04 bits per heavy atom. The molecule has 2 atom stereocenters. The summed E-state index contributed by atoms with van der Waals surface area (Å²) in [4.78, 5) is 13.7. The van der Waals surface area contributed by atoms with Crippen LogP contribution in [-0.4, -0.2) is 42.5 Å². The van der Waals surface area contributed by atoms with Crippen molar-refractivity contribution in [3.63, 3.8) is 0 Å². The van der Waals surface area contributed by atoms with E-state index in [1.54, 1.807) is 4.90 Å². The number of rotatable bonds is 4. The van der Waals surface area contributed by atoms with Gasteiger partial charge in [0.1, 0.15) is 4.75 Å². The van der Waals surface area contributed by atoms with Crippen LogP contribution in [0, 0.1) is 5.41 Å². The first-order valence-corrected chi connectivity index (χ1v) is 10.1. The zero-order valence-electron chi connectivity index (χ0n) is 16.2. The van der Waals surface area contributed by atoms with Gasteiger partial charge in [0.2, 0.25) is 0 Å². The molecule has 1 amide bonds. The standard InChI is InChI=1S/C18H34N2O3S/c1-13(19-24(23)16(5,6)7)17-8-10-18(12-17,11-9-17)20(14(21)22)15(2,3)4/h13,19H,8-12H2,1-7H3,(H,21,22). The summed E-state index contributed by atoms with van der Waals surface area (Å²) in [5, 5.41) is 9.82. The maximum atomic E-state index is 12.5. The molecule has 0 aromatic carbocycles. The van der Waals surface area contributed by atoms with Crippen LogP contribution in [0.5, 0.6) is 0 Å². The highest BCUT2D eigenvalue weighted by molar-refractivity contribution is 7.90. The van der Waals surface area contributed by atoms with Gasteiger partial charge in [0.25, 0.3) is 0 Å². The van der Waals surface area contributed by atoms with E-state index < -0.39 is 23.0 Å². The number of fused-ring (bicyclic) bond motifs is 2. The van der Waals surface area contributed by atoms with Crippen LogP contribution in [-0.2, 0) is 11.4 Å². The molecule has 2 N–H and O–H groups in total.